The molecule has 1 nitrogen and oxygen atoms in total. The molecule has 0 bridgehead atoms. The number of nitrogens with two attached hydrogens (primary N) is 1. The summed E-state index contributed by atoms with van der Waals surface area (Å²) < 4.78 is 0. The largest absolute Gasteiger partial charge is 0.330 e. The molecule has 2 unspecified atom stereocenters. The highest BCUT2D eigenvalue weighted by Crippen LogP contribution is 2.43. The van der Waals surface area contributed by atoms with Crippen LogP contribution in [0.5, 0.6) is 0 Å². The highest BCUT2D eigenvalue weighted by Gasteiger charge is 2.33. The zero-order valence-corrected chi connectivity index (χ0v) is 9.90. The molecule has 1 saturated carbocycles. The van der Waals surface area contributed by atoms with E-state index < -0.39 is 0 Å². The SMILES string of the molecule is NCCC(C1CCCCC1)C1CCS1. The minimum atomic E-state index is 0.901. The molecule has 0 radical (unpaired) electrons. The molecule has 0 aromatic rings. The summed E-state index contributed by atoms with van der Waals surface area (Å²) in [5, 5.41) is 0.974. The van der Waals surface area contributed by atoms with Crippen molar-refractivity contribution in [2.45, 2.75) is 50.2 Å². The van der Waals surface area contributed by atoms with E-state index in [2.05, 4.69) is 11.8 Å². The van der Waals surface area contributed by atoms with E-state index >= 15 is 0 Å². The first-order valence-electron chi connectivity index (χ1n) is 6.23. The van der Waals surface area contributed by atoms with Crippen LogP contribution >= 0.6 is 11.8 Å². The lowest BCUT2D eigenvalue weighted by Gasteiger charge is -2.39. The first-order chi connectivity index (χ1) is 6.92. The van der Waals surface area contributed by atoms with E-state index in [4.69, 9.17) is 5.73 Å². The third kappa shape index (κ3) is 2.46. The van der Waals surface area contributed by atoms with Crippen molar-refractivity contribution >= 4 is 11.8 Å². The minimum Gasteiger partial charge on any atom is -0.330 e. The van der Waals surface area contributed by atoms with Gasteiger partial charge in [0.1, 0.15) is 0 Å². The Bertz CT molecular complexity index is 162. The molecule has 0 spiro atoms. The maximum atomic E-state index is 5.74. The van der Waals surface area contributed by atoms with Crippen LogP contribution in [-0.4, -0.2) is 17.5 Å². The number of thioether (sulfide) groups is 1. The fourth-order valence-corrected chi connectivity index (χ4v) is 4.18. The Balaban J connectivity index is 1.86. The Morgan fingerprint density at radius 3 is 2.36 bits per heavy atom. The van der Waals surface area contributed by atoms with E-state index in [0.717, 1.165) is 23.6 Å². The second-order valence-electron chi connectivity index (χ2n) is 4.84. The lowest BCUT2D eigenvalue weighted by atomic mass is 9.76. The van der Waals surface area contributed by atoms with Gasteiger partial charge < -0.3 is 5.73 Å². The van der Waals surface area contributed by atoms with Crippen molar-refractivity contribution < 1.29 is 0 Å². The highest BCUT2D eigenvalue weighted by atomic mass is 32.2. The molecule has 1 aliphatic heterocycles. The smallest absolute Gasteiger partial charge is 0.00862 e. The summed E-state index contributed by atoms with van der Waals surface area (Å²) in [4.78, 5) is 0. The predicted molar refractivity (Wildman–Crippen MR) is 64.6 cm³/mol. The summed E-state index contributed by atoms with van der Waals surface area (Å²) in [5.74, 6) is 3.38. The first-order valence-corrected chi connectivity index (χ1v) is 7.28. The maximum absolute atomic E-state index is 5.74. The molecule has 0 aromatic heterocycles. The van der Waals surface area contributed by atoms with Crippen LogP contribution in [0.25, 0.3) is 0 Å². The molecule has 0 aromatic carbocycles. The van der Waals surface area contributed by atoms with E-state index in [1.165, 1.54) is 50.7 Å². The topological polar surface area (TPSA) is 26.0 Å². The summed E-state index contributed by atoms with van der Waals surface area (Å²) in [5.41, 5.74) is 5.74. The van der Waals surface area contributed by atoms with Crippen LogP contribution in [-0.2, 0) is 0 Å². The molecule has 2 atom stereocenters. The van der Waals surface area contributed by atoms with Gasteiger partial charge in [-0.3, -0.25) is 0 Å². The van der Waals surface area contributed by atoms with Gasteiger partial charge in [-0.25, -0.2) is 0 Å². The van der Waals surface area contributed by atoms with E-state index in [-0.39, 0.29) is 0 Å². The Hall–Kier alpha value is 0.310. The molecule has 2 aliphatic rings. The van der Waals surface area contributed by atoms with Gasteiger partial charge in [0.05, 0.1) is 0 Å². The van der Waals surface area contributed by atoms with Gasteiger partial charge >= 0.3 is 0 Å². The zero-order valence-electron chi connectivity index (χ0n) is 9.08. The Kier molecular flexibility index (Phi) is 4.18. The zero-order chi connectivity index (χ0) is 9.80. The van der Waals surface area contributed by atoms with E-state index in [1.807, 2.05) is 0 Å². The standard InChI is InChI=1S/C12H23NS/c13-8-6-11(12-7-9-14-12)10-4-2-1-3-5-10/h10-12H,1-9,13H2. The van der Waals surface area contributed by atoms with Crippen molar-refractivity contribution in [3.63, 3.8) is 0 Å². The Morgan fingerprint density at radius 1 is 1.14 bits per heavy atom. The van der Waals surface area contributed by atoms with Gasteiger partial charge in [0.2, 0.25) is 0 Å². The number of rotatable bonds is 4. The molecule has 14 heavy (non-hydrogen) atoms. The molecule has 2 N–H and O–H groups in total. The maximum Gasteiger partial charge on any atom is 0.00862 e. The number of hydrogen-bond donors (Lipinski definition) is 1. The summed E-state index contributed by atoms with van der Waals surface area (Å²) in [6.45, 7) is 0.901. The van der Waals surface area contributed by atoms with Gasteiger partial charge in [0, 0.05) is 5.25 Å². The summed E-state index contributed by atoms with van der Waals surface area (Å²) in [6.07, 6.45) is 10.1. The van der Waals surface area contributed by atoms with Crippen molar-refractivity contribution in [2.75, 3.05) is 12.3 Å². The lowest BCUT2D eigenvalue weighted by molar-refractivity contribution is 0.227. The van der Waals surface area contributed by atoms with Crippen molar-refractivity contribution in [2.24, 2.45) is 17.6 Å². The van der Waals surface area contributed by atoms with Crippen LogP contribution < -0.4 is 5.73 Å². The third-order valence-corrected chi connectivity index (χ3v) is 5.45. The second kappa shape index (κ2) is 5.41. The van der Waals surface area contributed by atoms with Crippen LogP contribution in [0.15, 0.2) is 0 Å². The van der Waals surface area contributed by atoms with Gasteiger partial charge in [-0.1, -0.05) is 32.1 Å². The summed E-state index contributed by atoms with van der Waals surface area (Å²) >= 11 is 2.19. The fraction of sp³-hybridized carbons (Fsp3) is 1.00. The van der Waals surface area contributed by atoms with Gasteiger partial charge in [-0.15, -0.1) is 0 Å². The summed E-state index contributed by atoms with van der Waals surface area (Å²) in [6, 6.07) is 0. The quantitative estimate of drug-likeness (QED) is 0.777. The van der Waals surface area contributed by atoms with E-state index in [0.29, 0.717) is 0 Å². The number of hydrogen-bond acceptors (Lipinski definition) is 2. The van der Waals surface area contributed by atoms with E-state index in [1.54, 1.807) is 0 Å². The van der Waals surface area contributed by atoms with Crippen LogP contribution in [0, 0.1) is 11.8 Å². The van der Waals surface area contributed by atoms with E-state index in [9.17, 15) is 0 Å². The van der Waals surface area contributed by atoms with Crippen molar-refractivity contribution in [1.29, 1.82) is 0 Å². The normalized spacial score (nSPS) is 31.1. The molecule has 1 aliphatic carbocycles. The van der Waals surface area contributed by atoms with Crippen molar-refractivity contribution in [3.8, 4) is 0 Å². The lowest BCUT2D eigenvalue weighted by Crippen LogP contribution is -2.34. The molecule has 1 heterocycles. The molecular formula is C12H23NS. The van der Waals surface area contributed by atoms with Crippen LogP contribution in [0.2, 0.25) is 0 Å². The van der Waals surface area contributed by atoms with Gasteiger partial charge in [-0.05, 0) is 37.0 Å². The minimum absolute atomic E-state index is 0.901. The van der Waals surface area contributed by atoms with Gasteiger partial charge in [0.15, 0.2) is 0 Å². The van der Waals surface area contributed by atoms with Crippen LogP contribution in [0.3, 0.4) is 0 Å². The van der Waals surface area contributed by atoms with Crippen molar-refractivity contribution in [3.05, 3.63) is 0 Å². The molecule has 1 saturated heterocycles. The van der Waals surface area contributed by atoms with Gasteiger partial charge in [-0.2, -0.15) is 11.8 Å². The average Bonchev–Trinajstić information content (AvgIpc) is 2.16. The second-order valence-corrected chi connectivity index (χ2v) is 6.18. The fourth-order valence-electron chi connectivity index (χ4n) is 3.07. The molecule has 0 amide bonds. The predicted octanol–water partition coefficient (Wildman–Crippen LogP) is 3.04. The molecule has 82 valence electrons. The summed E-state index contributed by atoms with van der Waals surface area (Å²) in [7, 11) is 0. The Labute approximate surface area is 92.2 Å². The Morgan fingerprint density at radius 2 is 1.86 bits per heavy atom. The van der Waals surface area contributed by atoms with Crippen LogP contribution in [0.4, 0.5) is 0 Å². The monoisotopic (exact) mass is 213 g/mol. The molecule has 2 fully saturated rings. The molecule has 2 heteroatoms. The molecular weight excluding hydrogens is 190 g/mol. The molecule has 2 rings (SSSR count). The first kappa shape index (κ1) is 10.8. The van der Waals surface area contributed by atoms with Crippen molar-refractivity contribution in [1.82, 2.24) is 0 Å². The van der Waals surface area contributed by atoms with Crippen LogP contribution in [0.1, 0.15) is 44.9 Å². The average molecular weight is 213 g/mol. The third-order valence-electron chi connectivity index (χ3n) is 3.97. The highest BCUT2D eigenvalue weighted by molar-refractivity contribution is 8.01. The van der Waals surface area contributed by atoms with Gasteiger partial charge in [0.25, 0.3) is 0 Å².